The molecule has 0 saturated carbocycles. The largest absolute Gasteiger partial charge is 0.354 e. The zero-order chi connectivity index (χ0) is 22.7. The molecule has 32 heavy (non-hydrogen) atoms. The molecule has 0 fully saturated rings. The highest BCUT2D eigenvalue weighted by Crippen LogP contribution is 2.26. The molecule has 2 heterocycles. The van der Waals surface area contributed by atoms with Crippen molar-refractivity contribution in [1.82, 2.24) is 20.4 Å². The second-order valence-electron chi connectivity index (χ2n) is 9.32. The van der Waals surface area contributed by atoms with Gasteiger partial charge in [-0.05, 0) is 41.7 Å². The summed E-state index contributed by atoms with van der Waals surface area (Å²) in [4.78, 5) is 19.8. The lowest BCUT2D eigenvalue weighted by atomic mass is 9.93. The van der Waals surface area contributed by atoms with E-state index in [2.05, 4.69) is 32.5 Å². The van der Waals surface area contributed by atoms with Gasteiger partial charge in [-0.15, -0.1) is 0 Å². The Morgan fingerprint density at radius 3 is 2.56 bits per heavy atom. The zero-order valence-electron chi connectivity index (χ0n) is 18.8. The highest BCUT2D eigenvalue weighted by atomic mass is 19.1. The molecule has 0 saturated heterocycles. The zero-order valence-corrected chi connectivity index (χ0v) is 18.8. The van der Waals surface area contributed by atoms with E-state index >= 15 is 0 Å². The predicted molar refractivity (Wildman–Crippen MR) is 119 cm³/mol. The number of halogens is 1. The quantitative estimate of drug-likeness (QED) is 0.637. The van der Waals surface area contributed by atoms with Crippen LogP contribution in [0.2, 0.25) is 0 Å². The lowest BCUT2D eigenvalue weighted by molar-refractivity contribution is -0.127. The minimum atomic E-state index is -0.330. The number of hydrogen-bond donors (Lipinski definition) is 1. The number of amides is 1. The van der Waals surface area contributed by atoms with Gasteiger partial charge < -0.3 is 9.84 Å². The molecular weight excluding hydrogens is 407 g/mol. The van der Waals surface area contributed by atoms with Crippen molar-refractivity contribution in [2.24, 2.45) is 0 Å². The molecule has 7 heteroatoms. The fourth-order valence-electron chi connectivity index (χ4n) is 3.90. The van der Waals surface area contributed by atoms with Crippen molar-refractivity contribution in [2.75, 3.05) is 6.54 Å². The van der Waals surface area contributed by atoms with Gasteiger partial charge in [-0.1, -0.05) is 62.3 Å². The second-order valence-corrected chi connectivity index (χ2v) is 9.32. The van der Waals surface area contributed by atoms with Crippen molar-refractivity contribution in [3.05, 3.63) is 82.8 Å². The molecular formula is C25H29FN4O2. The summed E-state index contributed by atoms with van der Waals surface area (Å²) < 4.78 is 18.6. The van der Waals surface area contributed by atoms with Gasteiger partial charge in [-0.3, -0.25) is 9.69 Å². The van der Waals surface area contributed by atoms with Gasteiger partial charge in [0.2, 0.25) is 11.8 Å². The number of nitrogens with zero attached hydrogens (tertiary/aromatic N) is 3. The third kappa shape index (κ3) is 5.22. The third-order valence-corrected chi connectivity index (χ3v) is 5.75. The maximum Gasteiger partial charge on any atom is 0.240 e. The minimum absolute atomic E-state index is 0.0304. The van der Waals surface area contributed by atoms with E-state index in [1.165, 1.54) is 23.3 Å². The number of benzene rings is 2. The number of carbonyl (C=O) groups is 1. The van der Waals surface area contributed by atoms with E-state index in [0.29, 0.717) is 44.2 Å². The maximum atomic E-state index is 13.1. The topological polar surface area (TPSA) is 71.3 Å². The lowest BCUT2D eigenvalue weighted by Crippen LogP contribution is -2.50. The van der Waals surface area contributed by atoms with Crippen molar-refractivity contribution in [3.63, 3.8) is 0 Å². The Morgan fingerprint density at radius 2 is 1.88 bits per heavy atom. The first kappa shape index (κ1) is 22.1. The van der Waals surface area contributed by atoms with Crippen LogP contribution >= 0.6 is 0 Å². The molecule has 1 amide bonds. The van der Waals surface area contributed by atoms with Gasteiger partial charge in [-0.2, -0.15) is 4.98 Å². The van der Waals surface area contributed by atoms with Crippen LogP contribution in [0.3, 0.4) is 0 Å². The van der Waals surface area contributed by atoms with E-state index in [1.807, 2.05) is 32.9 Å². The molecule has 1 aliphatic heterocycles. The Balaban J connectivity index is 1.46. The number of rotatable bonds is 6. The molecule has 0 bridgehead atoms. The monoisotopic (exact) mass is 436 g/mol. The van der Waals surface area contributed by atoms with Gasteiger partial charge in [0.15, 0.2) is 5.82 Å². The van der Waals surface area contributed by atoms with Gasteiger partial charge in [0.05, 0.1) is 12.6 Å². The number of aromatic nitrogens is 2. The van der Waals surface area contributed by atoms with Gasteiger partial charge in [0.25, 0.3) is 0 Å². The van der Waals surface area contributed by atoms with Crippen LogP contribution in [0.5, 0.6) is 0 Å². The molecule has 168 valence electrons. The highest BCUT2D eigenvalue weighted by molar-refractivity contribution is 5.82. The smallest absolute Gasteiger partial charge is 0.240 e. The summed E-state index contributed by atoms with van der Waals surface area (Å²) in [7, 11) is 0. The molecule has 1 atom stereocenters. The lowest BCUT2D eigenvalue weighted by Gasteiger charge is -2.35. The van der Waals surface area contributed by atoms with Crippen LogP contribution in [0.25, 0.3) is 0 Å². The highest BCUT2D eigenvalue weighted by Gasteiger charge is 2.33. The fourth-order valence-corrected chi connectivity index (χ4v) is 3.90. The summed E-state index contributed by atoms with van der Waals surface area (Å²) in [6, 6.07) is 14.2. The summed E-state index contributed by atoms with van der Waals surface area (Å²) in [5.41, 5.74) is 3.17. The molecule has 0 aliphatic carbocycles. The van der Waals surface area contributed by atoms with Crippen LogP contribution in [0.1, 0.15) is 49.2 Å². The van der Waals surface area contributed by atoms with Gasteiger partial charge in [0.1, 0.15) is 5.82 Å². The average molecular weight is 437 g/mol. The molecule has 1 aromatic heterocycles. The number of hydrogen-bond acceptors (Lipinski definition) is 5. The first-order valence-electron chi connectivity index (χ1n) is 11.0. The third-order valence-electron chi connectivity index (χ3n) is 5.75. The average Bonchev–Trinajstić information content (AvgIpc) is 3.24. The molecule has 4 rings (SSSR count). The van der Waals surface area contributed by atoms with Crippen LogP contribution in [-0.4, -0.2) is 33.5 Å². The van der Waals surface area contributed by atoms with Crippen molar-refractivity contribution < 1.29 is 13.7 Å². The number of nitrogens with one attached hydrogen (secondary N) is 1. The van der Waals surface area contributed by atoms with Crippen molar-refractivity contribution in [3.8, 4) is 0 Å². The standard InChI is InChI=1S/C25H29FN4O2/c1-25(2,3)24-28-22(32-29-24)16-30-15-19-7-5-4-6-18(19)14-21(30)23(31)27-13-12-17-8-10-20(26)11-9-17/h4-11,21H,12-16H2,1-3H3,(H,27,31)/t21-/m1/s1. The van der Waals surface area contributed by atoms with Crippen molar-refractivity contribution in [2.45, 2.75) is 58.2 Å². The Kier molecular flexibility index (Phi) is 6.37. The number of fused-ring (bicyclic) bond motifs is 1. The number of carbonyl (C=O) groups excluding carboxylic acids is 1. The Bertz CT molecular complexity index is 1070. The van der Waals surface area contributed by atoms with E-state index in [1.54, 1.807) is 12.1 Å². The van der Waals surface area contributed by atoms with Gasteiger partial charge in [-0.25, -0.2) is 4.39 Å². The predicted octanol–water partition coefficient (Wildman–Crippen LogP) is 3.79. The van der Waals surface area contributed by atoms with E-state index in [9.17, 15) is 9.18 Å². The Morgan fingerprint density at radius 1 is 1.16 bits per heavy atom. The SMILES string of the molecule is CC(C)(C)c1noc(CN2Cc3ccccc3C[C@@H]2C(=O)NCCc2ccc(F)cc2)n1. The van der Waals surface area contributed by atoms with E-state index in [-0.39, 0.29) is 23.2 Å². The van der Waals surface area contributed by atoms with Crippen LogP contribution in [0.15, 0.2) is 53.1 Å². The molecule has 6 nitrogen and oxygen atoms in total. The normalized spacial score (nSPS) is 16.6. The van der Waals surface area contributed by atoms with Gasteiger partial charge >= 0.3 is 0 Å². The Labute approximate surface area is 187 Å². The fraction of sp³-hybridized carbons (Fsp3) is 0.400. The molecule has 0 radical (unpaired) electrons. The summed E-state index contributed by atoms with van der Waals surface area (Å²) in [5.74, 6) is 0.880. The van der Waals surface area contributed by atoms with E-state index in [0.717, 1.165) is 5.56 Å². The second kappa shape index (κ2) is 9.20. The Hall–Kier alpha value is -3.06. The van der Waals surface area contributed by atoms with Crippen LogP contribution in [-0.2, 0) is 36.1 Å². The summed E-state index contributed by atoms with van der Waals surface area (Å²) in [6.45, 7) is 7.65. The molecule has 3 aromatic rings. The van der Waals surface area contributed by atoms with Crippen LogP contribution in [0.4, 0.5) is 4.39 Å². The maximum absolute atomic E-state index is 13.1. The van der Waals surface area contributed by atoms with E-state index in [4.69, 9.17) is 4.52 Å². The first-order chi connectivity index (χ1) is 15.3. The summed E-state index contributed by atoms with van der Waals surface area (Å²) in [6.07, 6.45) is 1.27. The summed E-state index contributed by atoms with van der Waals surface area (Å²) in [5, 5.41) is 7.17. The molecule has 0 unspecified atom stereocenters. The molecule has 1 N–H and O–H groups in total. The first-order valence-corrected chi connectivity index (χ1v) is 11.0. The molecule has 0 spiro atoms. The van der Waals surface area contributed by atoms with Gasteiger partial charge in [0, 0.05) is 18.5 Å². The minimum Gasteiger partial charge on any atom is -0.354 e. The van der Waals surface area contributed by atoms with Crippen LogP contribution < -0.4 is 5.32 Å². The molecule has 1 aliphatic rings. The van der Waals surface area contributed by atoms with E-state index < -0.39 is 0 Å². The summed E-state index contributed by atoms with van der Waals surface area (Å²) >= 11 is 0. The van der Waals surface area contributed by atoms with Crippen LogP contribution in [0, 0.1) is 5.82 Å². The van der Waals surface area contributed by atoms with Crippen molar-refractivity contribution in [1.29, 1.82) is 0 Å². The van der Waals surface area contributed by atoms with Crippen molar-refractivity contribution >= 4 is 5.91 Å². The molecule has 2 aromatic carbocycles.